The molecule has 11 rings (SSSR count). The van der Waals surface area contributed by atoms with Gasteiger partial charge in [0.15, 0.2) is 0 Å². The first-order valence-electron chi connectivity index (χ1n) is 21.4. The van der Waals surface area contributed by atoms with Gasteiger partial charge in [0.2, 0.25) is 0 Å². The van der Waals surface area contributed by atoms with Crippen LogP contribution in [0.4, 0.5) is 17.1 Å². The van der Waals surface area contributed by atoms with Crippen LogP contribution in [-0.2, 0) is 12.8 Å². The Morgan fingerprint density at radius 3 is 1.83 bits per heavy atom. The van der Waals surface area contributed by atoms with Gasteiger partial charge < -0.3 is 4.90 Å². The van der Waals surface area contributed by atoms with Gasteiger partial charge in [-0.05, 0) is 134 Å². The van der Waals surface area contributed by atoms with Crippen molar-refractivity contribution < 1.29 is 0 Å². The lowest BCUT2D eigenvalue weighted by Crippen LogP contribution is -2.14. The molecule has 0 aliphatic heterocycles. The van der Waals surface area contributed by atoms with E-state index in [1.165, 1.54) is 111 Å². The Hall–Kier alpha value is -6.96. The van der Waals surface area contributed by atoms with Gasteiger partial charge in [0.05, 0.1) is 11.4 Å². The summed E-state index contributed by atoms with van der Waals surface area (Å²) >= 11 is 0. The number of fused-ring (bicyclic) bond motifs is 3. The number of nitrogens with zero attached hydrogens (tertiary/aromatic N) is 1. The summed E-state index contributed by atoms with van der Waals surface area (Å²) in [6.07, 6.45) is 1.86. The maximum absolute atomic E-state index is 2.55. The van der Waals surface area contributed by atoms with Gasteiger partial charge in [0.25, 0.3) is 0 Å². The topological polar surface area (TPSA) is 3.24 Å². The molecule has 0 bridgehead atoms. The summed E-state index contributed by atoms with van der Waals surface area (Å²) in [5.41, 5.74) is 18.4. The second-order valence-electron chi connectivity index (χ2n) is 16.8. The van der Waals surface area contributed by atoms with Gasteiger partial charge in [0.1, 0.15) is 0 Å². The summed E-state index contributed by atoms with van der Waals surface area (Å²) in [4.78, 5) is 2.55. The van der Waals surface area contributed by atoms with Crippen LogP contribution in [0, 0.1) is 20.8 Å². The average Bonchev–Trinajstić information content (AvgIpc) is 3.66. The van der Waals surface area contributed by atoms with E-state index in [-0.39, 0.29) is 5.92 Å². The van der Waals surface area contributed by atoms with Crippen LogP contribution in [0.15, 0.2) is 194 Å². The summed E-state index contributed by atoms with van der Waals surface area (Å²) in [5.74, 6) is 0.259. The quantitative estimate of drug-likeness (QED) is 0.146. The van der Waals surface area contributed by atoms with Crippen LogP contribution in [0.5, 0.6) is 0 Å². The highest BCUT2D eigenvalue weighted by molar-refractivity contribution is 6.26. The molecule has 1 nitrogen and oxygen atoms in total. The maximum atomic E-state index is 2.55. The summed E-state index contributed by atoms with van der Waals surface area (Å²) in [5, 5.41) is 7.98. The molecule has 0 fully saturated rings. The van der Waals surface area contributed by atoms with Gasteiger partial charge in [-0.15, -0.1) is 0 Å². The Labute approximate surface area is 354 Å². The van der Waals surface area contributed by atoms with E-state index in [0.717, 1.165) is 12.8 Å². The average molecular weight is 772 g/mol. The van der Waals surface area contributed by atoms with Crippen molar-refractivity contribution in [1.82, 2.24) is 0 Å². The van der Waals surface area contributed by atoms with Gasteiger partial charge in [-0.25, -0.2) is 0 Å². The predicted molar refractivity (Wildman–Crippen MR) is 258 cm³/mol. The smallest absolute Gasteiger partial charge is 0.0543 e. The van der Waals surface area contributed by atoms with Gasteiger partial charge in [0, 0.05) is 17.5 Å². The van der Waals surface area contributed by atoms with E-state index in [9.17, 15) is 0 Å². The number of rotatable bonds is 7. The molecule has 0 amide bonds. The van der Waals surface area contributed by atoms with E-state index in [1.54, 1.807) is 0 Å². The summed E-state index contributed by atoms with van der Waals surface area (Å²) in [6.45, 7) is 8.91. The van der Waals surface area contributed by atoms with Gasteiger partial charge >= 0.3 is 0 Å². The first kappa shape index (κ1) is 37.3. The number of hydrogen-bond donors (Lipinski definition) is 0. The van der Waals surface area contributed by atoms with Crippen LogP contribution in [0.25, 0.3) is 54.6 Å². The molecule has 1 aliphatic carbocycles. The van der Waals surface area contributed by atoms with Gasteiger partial charge in [-0.3, -0.25) is 0 Å². The molecule has 60 heavy (non-hydrogen) atoms. The Morgan fingerprint density at radius 1 is 0.467 bits per heavy atom. The molecule has 0 saturated heterocycles. The highest BCUT2D eigenvalue weighted by Gasteiger charge is 2.28. The highest BCUT2D eigenvalue weighted by atomic mass is 15.1. The third-order valence-corrected chi connectivity index (χ3v) is 12.5. The van der Waals surface area contributed by atoms with Crippen molar-refractivity contribution in [2.45, 2.75) is 46.5 Å². The zero-order valence-corrected chi connectivity index (χ0v) is 34.9. The second-order valence-corrected chi connectivity index (χ2v) is 16.8. The second kappa shape index (κ2) is 15.7. The molecule has 1 atom stereocenters. The summed E-state index contributed by atoms with van der Waals surface area (Å²) < 4.78 is 0. The Kier molecular flexibility index (Phi) is 9.74. The van der Waals surface area contributed by atoms with E-state index in [2.05, 4.69) is 209 Å². The van der Waals surface area contributed by atoms with Gasteiger partial charge in [-0.1, -0.05) is 188 Å². The Bertz CT molecular complexity index is 3120. The molecule has 0 saturated carbocycles. The third kappa shape index (κ3) is 6.81. The maximum Gasteiger partial charge on any atom is 0.0543 e. The fourth-order valence-corrected chi connectivity index (χ4v) is 9.77. The number of para-hydroxylation sites is 1. The van der Waals surface area contributed by atoms with Crippen LogP contribution in [0.3, 0.4) is 0 Å². The van der Waals surface area contributed by atoms with Crippen molar-refractivity contribution in [3.63, 3.8) is 0 Å². The van der Waals surface area contributed by atoms with Crippen molar-refractivity contribution in [3.05, 3.63) is 233 Å². The first-order chi connectivity index (χ1) is 29.4. The van der Waals surface area contributed by atoms with Crippen molar-refractivity contribution in [3.8, 4) is 22.3 Å². The van der Waals surface area contributed by atoms with E-state index in [0.29, 0.717) is 0 Å². The molecule has 290 valence electrons. The minimum Gasteiger partial charge on any atom is -0.310 e. The normalized spacial score (nSPS) is 12.3. The standard InChI is InChI=1S/C52H41N.C7H8/c1-33-13-11-16-36(27-33)42-19-9-7-14-37(42)30-35(3)47-32-50(46-26-24-40-29-34(2)28-39-23-25-45(47)52(46)51(39)40)53(41-17-5-4-6-18-41)49-22-12-21-44-43-20-10-8-15-38(43)31-48(44)49;1-7-5-3-2-4-6-7/h4-29,32,35H,30-31H2,1-3H3;2-6H,1H3. The summed E-state index contributed by atoms with van der Waals surface area (Å²) in [6, 6.07) is 71.7. The Balaban J connectivity index is 0.000000564. The van der Waals surface area contributed by atoms with Crippen molar-refractivity contribution in [2.24, 2.45) is 0 Å². The largest absolute Gasteiger partial charge is 0.310 e. The minimum atomic E-state index is 0.259. The number of benzene rings is 10. The monoisotopic (exact) mass is 771 g/mol. The molecule has 10 aromatic rings. The minimum absolute atomic E-state index is 0.259. The predicted octanol–water partition coefficient (Wildman–Crippen LogP) is 16.3. The fourth-order valence-electron chi connectivity index (χ4n) is 9.77. The van der Waals surface area contributed by atoms with Gasteiger partial charge in [-0.2, -0.15) is 0 Å². The molecule has 1 unspecified atom stereocenters. The van der Waals surface area contributed by atoms with E-state index < -0.39 is 0 Å². The Morgan fingerprint density at radius 2 is 1.10 bits per heavy atom. The van der Waals surface area contributed by atoms with E-state index in [1.807, 2.05) is 18.2 Å². The molecule has 0 spiro atoms. The molecular formula is C59H49N. The first-order valence-corrected chi connectivity index (χ1v) is 21.4. The van der Waals surface area contributed by atoms with Crippen LogP contribution in [-0.4, -0.2) is 0 Å². The van der Waals surface area contributed by atoms with Crippen LogP contribution in [0.2, 0.25) is 0 Å². The van der Waals surface area contributed by atoms with Crippen LogP contribution in [0.1, 0.15) is 51.8 Å². The zero-order valence-electron chi connectivity index (χ0n) is 34.9. The number of aryl methyl sites for hydroxylation is 3. The van der Waals surface area contributed by atoms with Crippen molar-refractivity contribution in [2.75, 3.05) is 4.90 Å². The van der Waals surface area contributed by atoms with Crippen LogP contribution >= 0.6 is 0 Å². The lowest BCUT2D eigenvalue weighted by molar-refractivity contribution is 0.767. The third-order valence-electron chi connectivity index (χ3n) is 12.5. The zero-order chi connectivity index (χ0) is 40.7. The van der Waals surface area contributed by atoms with E-state index >= 15 is 0 Å². The SMILES string of the molecule is Cc1cccc(-c2ccccc2CC(C)c2cc(N(c3ccccc3)c3cccc4c3Cc3ccccc3-4)c3ccc4cc(C)cc5ccc2c3c54)c1.Cc1ccccc1. The lowest BCUT2D eigenvalue weighted by Gasteiger charge is -2.31. The van der Waals surface area contributed by atoms with Crippen molar-refractivity contribution >= 4 is 49.4 Å². The molecule has 10 aromatic carbocycles. The molecule has 1 aliphatic rings. The highest BCUT2D eigenvalue weighted by Crippen LogP contribution is 2.50. The molecule has 0 heterocycles. The molecule has 0 aromatic heterocycles. The van der Waals surface area contributed by atoms with Crippen LogP contribution < -0.4 is 4.90 Å². The lowest BCUT2D eigenvalue weighted by atomic mass is 9.83. The van der Waals surface area contributed by atoms with E-state index in [4.69, 9.17) is 0 Å². The van der Waals surface area contributed by atoms with Crippen molar-refractivity contribution in [1.29, 1.82) is 0 Å². The fraction of sp³-hybridized carbons (Fsp3) is 0.119. The number of hydrogen-bond acceptors (Lipinski definition) is 1. The molecule has 0 N–H and O–H groups in total. The summed E-state index contributed by atoms with van der Waals surface area (Å²) in [7, 11) is 0. The number of anilines is 3. The molecule has 1 heteroatoms. The molecular weight excluding hydrogens is 723 g/mol. The molecule has 0 radical (unpaired) electrons.